The molecular formula is C9H7FN4O. The highest BCUT2D eigenvalue weighted by molar-refractivity contribution is 5.91. The summed E-state index contributed by atoms with van der Waals surface area (Å²) >= 11 is 0. The summed E-state index contributed by atoms with van der Waals surface area (Å²) in [5.74, 6) is -0.338. The van der Waals surface area contributed by atoms with E-state index in [0.717, 1.165) is 0 Å². The highest BCUT2D eigenvalue weighted by Gasteiger charge is 2.04. The Hall–Kier alpha value is -2.11. The number of ketones is 1. The molecule has 0 unspecified atom stereocenters. The van der Waals surface area contributed by atoms with Crippen molar-refractivity contribution in [3.8, 4) is 5.82 Å². The second kappa shape index (κ2) is 3.56. The first kappa shape index (κ1) is 9.45. The number of carbonyl (C=O) groups excluding carboxylic acids is 1. The summed E-state index contributed by atoms with van der Waals surface area (Å²) in [5, 5.41) is 7.46. The molecule has 0 saturated carbocycles. The van der Waals surface area contributed by atoms with Gasteiger partial charge in [0, 0.05) is 6.92 Å². The average Bonchev–Trinajstić information content (AvgIpc) is 2.65. The van der Waals surface area contributed by atoms with Crippen LogP contribution in [0.3, 0.4) is 0 Å². The topological polar surface area (TPSA) is 60.7 Å². The van der Waals surface area contributed by atoms with Gasteiger partial charge in [-0.2, -0.15) is 4.39 Å². The Morgan fingerprint density at radius 2 is 2.20 bits per heavy atom. The predicted octanol–water partition coefficient (Wildman–Crippen LogP) is 1.00. The van der Waals surface area contributed by atoms with Gasteiger partial charge in [-0.05, 0) is 12.1 Å². The van der Waals surface area contributed by atoms with Crippen LogP contribution >= 0.6 is 0 Å². The molecule has 0 radical (unpaired) electrons. The molecule has 15 heavy (non-hydrogen) atoms. The van der Waals surface area contributed by atoms with Crippen molar-refractivity contribution in [2.24, 2.45) is 0 Å². The molecule has 0 aliphatic rings. The van der Waals surface area contributed by atoms with Gasteiger partial charge in [0.2, 0.25) is 5.95 Å². The van der Waals surface area contributed by atoms with Gasteiger partial charge in [0.1, 0.15) is 12.0 Å². The van der Waals surface area contributed by atoms with E-state index in [0.29, 0.717) is 5.82 Å². The first-order valence-corrected chi connectivity index (χ1v) is 4.21. The largest absolute Gasteiger partial charge is 0.293 e. The monoisotopic (exact) mass is 206 g/mol. The van der Waals surface area contributed by atoms with E-state index < -0.39 is 5.95 Å². The second-order valence-electron chi connectivity index (χ2n) is 2.94. The summed E-state index contributed by atoms with van der Waals surface area (Å²) in [5.41, 5.74) is 0.277. The minimum absolute atomic E-state index is 0.161. The van der Waals surface area contributed by atoms with Gasteiger partial charge in [0.15, 0.2) is 11.6 Å². The van der Waals surface area contributed by atoms with Crippen molar-refractivity contribution in [2.75, 3.05) is 0 Å². The van der Waals surface area contributed by atoms with Gasteiger partial charge >= 0.3 is 0 Å². The summed E-state index contributed by atoms with van der Waals surface area (Å²) in [6.45, 7) is 1.40. The van der Waals surface area contributed by atoms with Crippen LogP contribution in [0.2, 0.25) is 0 Å². The van der Waals surface area contributed by atoms with E-state index >= 15 is 0 Å². The lowest BCUT2D eigenvalue weighted by molar-refractivity contribution is 0.101. The fourth-order valence-electron chi connectivity index (χ4n) is 1.07. The molecule has 5 nitrogen and oxygen atoms in total. The van der Waals surface area contributed by atoms with Crippen LogP contribution in [0.25, 0.3) is 5.82 Å². The van der Waals surface area contributed by atoms with Gasteiger partial charge in [-0.3, -0.25) is 9.36 Å². The van der Waals surface area contributed by atoms with Crippen molar-refractivity contribution in [3.63, 3.8) is 0 Å². The van der Waals surface area contributed by atoms with Crippen LogP contribution < -0.4 is 0 Å². The molecule has 2 aromatic heterocycles. The number of halogens is 1. The zero-order valence-corrected chi connectivity index (χ0v) is 7.88. The van der Waals surface area contributed by atoms with Crippen molar-refractivity contribution in [2.45, 2.75) is 6.92 Å². The van der Waals surface area contributed by atoms with E-state index in [1.165, 1.54) is 30.1 Å². The molecule has 0 aliphatic carbocycles. The van der Waals surface area contributed by atoms with Crippen LogP contribution in [0.4, 0.5) is 4.39 Å². The Kier molecular flexibility index (Phi) is 2.24. The van der Waals surface area contributed by atoms with Crippen molar-refractivity contribution in [1.82, 2.24) is 19.7 Å². The molecule has 0 spiro atoms. The minimum Gasteiger partial charge on any atom is -0.293 e. The van der Waals surface area contributed by atoms with E-state index in [1.54, 1.807) is 6.07 Å². The summed E-state index contributed by atoms with van der Waals surface area (Å²) in [6, 6.07) is 3.10. The van der Waals surface area contributed by atoms with Crippen molar-refractivity contribution in [3.05, 3.63) is 36.3 Å². The Balaban J connectivity index is 2.35. The smallest absolute Gasteiger partial charge is 0.231 e. The number of rotatable bonds is 2. The SMILES string of the molecule is CC(=O)c1ccc(-n2cnc(F)c2)nn1. The number of aromatic nitrogens is 4. The van der Waals surface area contributed by atoms with Crippen molar-refractivity contribution < 1.29 is 9.18 Å². The molecular weight excluding hydrogens is 199 g/mol. The van der Waals surface area contributed by atoms with Crippen LogP contribution in [0.5, 0.6) is 0 Å². The molecule has 0 aliphatic heterocycles. The third kappa shape index (κ3) is 1.88. The fourth-order valence-corrected chi connectivity index (χ4v) is 1.07. The van der Waals surface area contributed by atoms with Gasteiger partial charge in [0.25, 0.3) is 0 Å². The van der Waals surface area contributed by atoms with E-state index in [2.05, 4.69) is 15.2 Å². The maximum Gasteiger partial charge on any atom is 0.231 e. The standard InChI is InChI=1S/C9H7FN4O/c1-6(15)7-2-3-9(13-12-7)14-4-8(10)11-5-14/h2-5H,1H3. The zero-order valence-electron chi connectivity index (χ0n) is 7.88. The number of imidazole rings is 1. The van der Waals surface area contributed by atoms with Gasteiger partial charge in [0.05, 0.1) is 6.20 Å². The molecule has 6 heteroatoms. The third-order valence-corrected chi connectivity index (χ3v) is 1.83. The van der Waals surface area contributed by atoms with Gasteiger partial charge in [-0.15, -0.1) is 10.2 Å². The van der Waals surface area contributed by atoms with Crippen LogP contribution in [0, 0.1) is 5.95 Å². The van der Waals surface area contributed by atoms with Crippen LogP contribution in [-0.2, 0) is 0 Å². The van der Waals surface area contributed by atoms with E-state index in [1.807, 2.05) is 0 Å². The minimum atomic E-state index is -0.590. The molecule has 2 rings (SSSR count). The lowest BCUT2D eigenvalue weighted by Gasteiger charge is -1.99. The van der Waals surface area contributed by atoms with Gasteiger partial charge in [-0.25, -0.2) is 4.98 Å². The van der Waals surface area contributed by atoms with Crippen molar-refractivity contribution in [1.29, 1.82) is 0 Å². The molecule has 2 heterocycles. The van der Waals surface area contributed by atoms with E-state index in [4.69, 9.17) is 0 Å². The van der Waals surface area contributed by atoms with Crippen LogP contribution in [-0.4, -0.2) is 25.5 Å². The summed E-state index contributed by atoms with van der Waals surface area (Å²) in [7, 11) is 0. The number of carbonyl (C=O) groups is 1. The molecule has 0 saturated heterocycles. The quantitative estimate of drug-likeness (QED) is 0.688. The molecule has 76 valence electrons. The maximum atomic E-state index is 12.6. The highest BCUT2D eigenvalue weighted by atomic mass is 19.1. The van der Waals surface area contributed by atoms with E-state index in [-0.39, 0.29) is 11.5 Å². The van der Waals surface area contributed by atoms with Gasteiger partial charge < -0.3 is 0 Å². The molecule has 0 N–H and O–H groups in total. The molecule has 0 aromatic carbocycles. The number of nitrogens with zero attached hydrogens (tertiary/aromatic N) is 4. The second-order valence-corrected chi connectivity index (χ2v) is 2.94. The van der Waals surface area contributed by atoms with Crippen LogP contribution in [0.1, 0.15) is 17.4 Å². The number of hydrogen-bond donors (Lipinski definition) is 0. The van der Waals surface area contributed by atoms with E-state index in [9.17, 15) is 9.18 Å². The first-order valence-electron chi connectivity index (χ1n) is 4.21. The average molecular weight is 206 g/mol. The summed E-state index contributed by atoms with van der Waals surface area (Å²) in [4.78, 5) is 14.3. The maximum absolute atomic E-state index is 12.6. The number of hydrogen-bond acceptors (Lipinski definition) is 4. The lowest BCUT2D eigenvalue weighted by Crippen LogP contribution is -2.02. The third-order valence-electron chi connectivity index (χ3n) is 1.83. The molecule has 0 fully saturated rings. The highest BCUT2D eigenvalue weighted by Crippen LogP contribution is 2.04. The first-order chi connectivity index (χ1) is 7.16. The Labute approximate surface area is 84.6 Å². The Morgan fingerprint density at radius 3 is 2.67 bits per heavy atom. The molecule has 0 bridgehead atoms. The Morgan fingerprint density at radius 1 is 1.40 bits per heavy atom. The van der Waals surface area contributed by atoms with Gasteiger partial charge in [-0.1, -0.05) is 0 Å². The summed E-state index contributed by atoms with van der Waals surface area (Å²) < 4.78 is 14.0. The molecule has 0 amide bonds. The zero-order chi connectivity index (χ0) is 10.8. The predicted molar refractivity (Wildman–Crippen MR) is 49.1 cm³/mol. The normalized spacial score (nSPS) is 10.3. The van der Waals surface area contributed by atoms with Crippen molar-refractivity contribution >= 4 is 5.78 Å². The fraction of sp³-hybridized carbons (Fsp3) is 0.111. The summed E-state index contributed by atoms with van der Waals surface area (Å²) in [6.07, 6.45) is 2.46. The number of Topliss-reactive ketones (excluding diaryl/α,β-unsaturated/α-hetero) is 1. The lowest BCUT2D eigenvalue weighted by atomic mass is 10.3. The molecule has 0 atom stereocenters. The van der Waals surface area contributed by atoms with Crippen LogP contribution in [0.15, 0.2) is 24.7 Å². The molecule has 2 aromatic rings. The Bertz CT molecular complexity index is 491.